The fourth-order valence-corrected chi connectivity index (χ4v) is 1.73. The molecule has 1 aromatic rings. The minimum atomic E-state index is -0.453. The van der Waals surface area contributed by atoms with Crippen molar-refractivity contribution in [3.05, 3.63) is 20.8 Å². The number of nitrogens with one attached hydrogen (secondary N) is 2. The Morgan fingerprint density at radius 3 is 2.47 bits per heavy atom. The fourth-order valence-electron chi connectivity index (χ4n) is 1.73. The number of anilines is 2. The van der Waals surface area contributed by atoms with E-state index in [2.05, 4.69) is 24.1 Å². The van der Waals surface area contributed by atoms with Crippen molar-refractivity contribution in [1.29, 1.82) is 0 Å². The zero-order valence-electron chi connectivity index (χ0n) is 12.1. The molecule has 0 aromatic carbocycles. The Morgan fingerprint density at radius 2 is 1.95 bits per heavy atom. The number of H-pyrrole nitrogens is 1. The van der Waals surface area contributed by atoms with Gasteiger partial charge in [0.25, 0.3) is 5.56 Å². The second-order valence-electron chi connectivity index (χ2n) is 5.42. The summed E-state index contributed by atoms with van der Waals surface area (Å²) in [5.74, 6) is 0.920. The van der Waals surface area contributed by atoms with Crippen LogP contribution in [-0.2, 0) is 6.54 Å². The van der Waals surface area contributed by atoms with Crippen LogP contribution in [0.25, 0.3) is 0 Å². The van der Waals surface area contributed by atoms with E-state index in [0.29, 0.717) is 24.7 Å². The number of rotatable bonds is 6. The average Bonchev–Trinajstić information content (AvgIpc) is 2.33. The summed E-state index contributed by atoms with van der Waals surface area (Å²) < 4.78 is 1.41. The van der Waals surface area contributed by atoms with E-state index >= 15 is 0 Å². The summed E-state index contributed by atoms with van der Waals surface area (Å²) in [5.41, 5.74) is 5.33. The minimum Gasteiger partial charge on any atom is -0.383 e. The van der Waals surface area contributed by atoms with Gasteiger partial charge in [-0.25, -0.2) is 4.79 Å². The van der Waals surface area contributed by atoms with Gasteiger partial charge in [-0.2, -0.15) is 0 Å². The van der Waals surface area contributed by atoms with Gasteiger partial charge in [-0.1, -0.05) is 34.1 Å². The summed E-state index contributed by atoms with van der Waals surface area (Å²) in [6, 6.07) is 0. The van der Waals surface area contributed by atoms with Gasteiger partial charge in [0.15, 0.2) is 0 Å². The van der Waals surface area contributed by atoms with E-state index in [1.165, 1.54) is 4.57 Å². The molecule has 1 rings (SSSR count). The van der Waals surface area contributed by atoms with Crippen molar-refractivity contribution in [3.63, 3.8) is 0 Å². The van der Waals surface area contributed by atoms with Crippen molar-refractivity contribution >= 4 is 11.5 Å². The van der Waals surface area contributed by atoms with Crippen molar-refractivity contribution in [1.82, 2.24) is 9.55 Å². The highest BCUT2D eigenvalue weighted by atomic mass is 16.2. The molecule has 6 heteroatoms. The van der Waals surface area contributed by atoms with Crippen LogP contribution >= 0.6 is 0 Å². The molecule has 0 spiro atoms. The maximum absolute atomic E-state index is 11.8. The Labute approximate surface area is 113 Å². The van der Waals surface area contributed by atoms with Gasteiger partial charge in [-0.15, -0.1) is 0 Å². The SMILES string of the molecule is CCC(C)CNc1c(N)n(CC(C)C)c(=O)[nH]c1=O. The normalized spacial score (nSPS) is 12.7. The van der Waals surface area contributed by atoms with Gasteiger partial charge >= 0.3 is 5.69 Å². The van der Waals surface area contributed by atoms with Gasteiger partial charge < -0.3 is 11.1 Å². The topological polar surface area (TPSA) is 92.9 Å². The number of aromatic amines is 1. The molecule has 19 heavy (non-hydrogen) atoms. The van der Waals surface area contributed by atoms with E-state index in [9.17, 15) is 9.59 Å². The molecule has 0 radical (unpaired) electrons. The van der Waals surface area contributed by atoms with E-state index in [4.69, 9.17) is 5.73 Å². The molecule has 0 aliphatic rings. The zero-order valence-corrected chi connectivity index (χ0v) is 12.1. The van der Waals surface area contributed by atoms with E-state index in [1.807, 2.05) is 13.8 Å². The quantitative estimate of drug-likeness (QED) is 0.723. The molecule has 1 aromatic heterocycles. The first-order chi connectivity index (χ1) is 8.86. The molecule has 1 heterocycles. The van der Waals surface area contributed by atoms with Gasteiger partial charge in [-0.3, -0.25) is 14.3 Å². The first kappa shape index (κ1) is 15.3. The lowest BCUT2D eigenvalue weighted by Gasteiger charge is -2.16. The zero-order chi connectivity index (χ0) is 14.6. The van der Waals surface area contributed by atoms with Gasteiger partial charge in [0, 0.05) is 13.1 Å². The van der Waals surface area contributed by atoms with Gasteiger partial charge in [0.2, 0.25) is 0 Å². The standard InChI is InChI=1S/C13H24N4O2/c1-5-9(4)6-15-10-11(14)17(7-8(2)3)13(19)16-12(10)18/h8-9,15H,5-7,14H2,1-4H3,(H,16,18,19). The fraction of sp³-hybridized carbons (Fsp3) is 0.692. The highest BCUT2D eigenvalue weighted by Gasteiger charge is 2.13. The van der Waals surface area contributed by atoms with Crippen LogP contribution in [0.4, 0.5) is 11.5 Å². The molecule has 4 N–H and O–H groups in total. The van der Waals surface area contributed by atoms with Crippen LogP contribution in [0.5, 0.6) is 0 Å². The Kier molecular flexibility index (Phi) is 5.20. The number of nitrogen functional groups attached to an aromatic ring is 1. The molecule has 0 amide bonds. The molecule has 108 valence electrons. The molecule has 0 aliphatic carbocycles. The number of hydrogen-bond acceptors (Lipinski definition) is 4. The number of hydrogen-bond donors (Lipinski definition) is 3. The molecular weight excluding hydrogens is 244 g/mol. The summed E-state index contributed by atoms with van der Waals surface area (Å²) in [7, 11) is 0. The molecule has 0 saturated heterocycles. The molecule has 1 atom stereocenters. The molecule has 6 nitrogen and oxygen atoms in total. The van der Waals surface area contributed by atoms with Crippen molar-refractivity contribution in [3.8, 4) is 0 Å². The molecule has 0 aliphatic heterocycles. The van der Waals surface area contributed by atoms with Crippen molar-refractivity contribution < 1.29 is 0 Å². The Balaban J connectivity index is 3.10. The van der Waals surface area contributed by atoms with Crippen LogP contribution in [0.2, 0.25) is 0 Å². The third-order valence-electron chi connectivity index (χ3n) is 3.11. The highest BCUT2D eigenvalue weighted by Crippen LogP contribution is 2.13. The average molecular weight is 268 g/mol. The summed E-state index contributed by atoms with van der Waals surface area (Å²) in [5, 5.41) is 3.04. The van der Waals surface area contributed by atoms with Crippen LogP contribution in [0, 0.1) is 11.8 Å². The van der Waals surface area contributed by atoms with Crippen molar-refractivity contribution in [2.45, 2.75) is 40.7 Å². The van der Waals surface area contributed by atoms with Crippen molar-refractivity contribution in [2.75, 3.05) is 17.6 Å². The van der Waals surface area contributed by atoms with E-state index in [1.54, 1.807) is 0 Å². The summed E-state index contributed by atoms with van der Waals surface area (Å²) >= 11 is 0. The lowest BCUT2D eigenvalue weighted by Crippen LogP contribution is -2.35. The largest absolute Gasteiger partial charge is 0.383 e. The molecule has 0 saturated carbocycles. The maximum atomic E-state index is 11.8. The molecular formula is C13H24N4O2. The van der Waals surface area contributed by atoms with Crippen LogP contribution in [0.1, 0.15) is 34.1 Å². The predicted molar refractivity (Wildman–Crippen MR) is 78.5 cm³/mol. The first-order valence-electron chi connectivity index (χ1n) is 6.73. The van der Waals surface area contributed by atoms with Gasteiger partial charge in [-0.05, 0) is 11.8 Å². The molecule has 0 fully saturated rings. The van der Waals surface area contributed by atoms with Crippen LogP contribution < -0.4 is 22.3 Å². The Morgan fingerprint density at radius 1 is 1.32 bits per heavy atom. The van der Waals surface area contributed by atoms with E-state index < -0.39 is 11.2 Å². The van der Waals surface area contributed by atoms with E-state index in [0.717, 1.165) is 6.42 Å². The van der Waals surface area contributed by atoms with Crippen LogP contribution in [-0.4, -0.2) is 16.1 Å². The number of nitrogens with two attached hydrogens (primary N) is 1. The van der Waals surface area contributed by atoms with Gasteiger partial charge in [0.05, 0.1) is 0 Å². The third-order valence-corrected chi connectivity index (χ3v) is 3.11. The monoisotopic (exact) mass is 268 g/mol. The lowest BCUT2D eigenvalue weighted by molar-refractivity contribution is 0.507. The number of aromatic nitrogens is 2. The van der Waals surface area contributed by atoms with E-state index in [-0.39, 0.29) is 11.7 Å². The minimum absolute atomic E-state index is 0.214. The second kappa shape index (κ2) is 6.45. The highest BCUT2D eigenvalue weighted by molar-refractivity contribution is 5.60. The summed E-state index contributed by atoms with van der Waals surface area (Å²) in [6.45, 7) is 9.29. The predicted octanol–water partition coefficient (Wildman–Crippen LogP) is 1.23. The maximum Gasteiger partial charge on any atom is 0.330 e. The lowest BCUT2D eigenvalue weighted by atomic mass is 10.1. The van der Waals surface area contributed by atoms with Crippen molar-refractivity contribution in [2.24, 2.45) is 11.8 Å². The van der Waals surface area contributed by atoms with Gasteiger partial charge in [0.1, 0.15) is 11.5 Å². The van der Waals surface area contributed by atoms with Crippen LogP contribution in [0.15, 0.2) is 9.59 Å². The smallest absolute Gasteiger partial charge is 0.330 e. The molecule has 0 bridgehead atoms. The number of nitrogens with zero attached hydrogens (tertiary/aromatic N) is 1. The summed E-state index contributed by atoms with van der Waals surface area (Å²) in [6.07, 6.45) is 1.01. The Hall–Kier alpha value is -1.72. The summed E-state index contributed by atoms with van der Waals surface area (Å²) in [4.78, 5) is 25.8. The third kappa shape index (κ3) is 3.87. The molecule has 1 unspecified atom stereocenters. The second-order valence-corrected chi connectivity index (χ2v) is 5.42. The van der Waals surface area contributed by atoms with Crippen LogP contribution in [0.3, 0.4) is 0 Å². The Bertz CT molecular complexity index is 530. The first-order valence-corrected chi connectivity index (χ1v) is 6.73.